The number of nitrogens with zero attached hydrogens (tertiary/aromatic N) is 3. The topological polar surface area (TPSA) is 42.7 Å². The average Bonchev–Trinajstić information content (AvgIpc) is 2.73. The van der Waals surface area contributed by atoms with Gasteiger partial charge < -0.3 is 9.88 Å². The first kappa shape index (κ1) is 14.9. The van der Waals surface area contributed by atoms with E-state index >= 15 is 0 Å². The highest BCUT2D eigenvalue weighted by Gasteiger charge is 2.11. The van der Waals surface area contributed by atoms with Crippen LogP contribution < -0.4 is 5.32 Å². The van der Waals surface area contributed by atoms with E-state index in [9.17, 15) is 0 Å². The minimum atomic E-state index is 0.452. The summed E-state index contributed by atoms with van der Waals surface area (Å²) >= 11 is 5.87. The van der Waals surface area contributed by atoms with Crippen LogP contribution >= 0.6 is 11.6 Å². The zero-order valence-corrected chi connectivity index (χ0v) is 13.8. The van der Waals surface area contributed by atoms with E-state index in [2.05, 4.69) is 58.9 Å². The minimum absolute atomic E-state index is 0.452. The predicted octanol–water partition coefficient (Wildman–Crippen LogP) is 3.89. The molecule has 3 rings (SSSR count). The van der Waals surface area contributed by atoms with Crippen molar-refractivity contribution in [1.29, 1.82) is 0 Å². The number of hydrogen-bond acceptors (Lipinski definition) is 3. The van der Waals surface area contributed by atoms with E-state index in [1.165, 1.54) is 34.1 Å². The third-order valence-corrected chi connectivity index (χ3v) is 4.45. The average molecular weight is 315 g/mol. The Kier molecular flexibility index (Phi) is 4.03. The van der Waals surface area contributed by atoms with Crippen molar-refractivity contribution in [2.75, 3.05) is 11.9 Å². The number of aromatic nitrogens is 3. The van der Waals surface area contributed by atoms with Crippen LogP contribution in [0.15, 0.2) is 30.6 Å². The molecular weight excluding hydrogens is 296 g/mol. The molecule has 0 radical (unpaired) electrons. The molecule has 0 saturated carbocycles. The maximum Gasteiger partial charge on any atom is 0.134 e. The van der Waals surface area contributed by atoms with Crippen LogP contribution in [0.3, 0.4) is 0 Å². The summed E-state index contributed by atoms with van der Waals surface area (Å²) < 4.78 is 2.28. The highest BCUT2D eigenvalue weighted by molar-refractivity contribution is 6.29. The predicted molar refractivity (Wildman–Crippen MR) is 91.6 cm³/mol. The number of anilines is 1. The van der Waals surface area contributed by atoms with Crippen molar-refractivity contribution in [2.24, 2.45) is 7.05 Å². The van der Waals surface area contributed by atoms with Crippen LogP contribution in [0.2, 0.25) is 5.15 Å². The fourth-order valence-corrected chi connectivity index (χ4v) is 3.01. The molecule has 2 aromatic heterocycles. The molecule has 0 atom stereocenters. The zero-order valence-electron chi connectivity index (χ0n) is 13.0. The Morgan fingerprint density at radius 1 is 1.23 bits per heavy atom. The lowest BCUT2D eigenvalue weighted by atomic mass is 10.1. The smallest absolute Gasteiger partial charge is 0.134 e. The van der Waals surface area contributed by atoms with Gasteiger partial charge in [0.25, 0.3) is 0 Å². The fourth-order valence-electron chi connectivity index (χ4n) is 2.86. The molecule has 0 aliphatic carbocycles. The summed E-state index contributed by atoms with van der Waals surface area (Å²) in [6, 6.07) is 8.25. The van der Waals surface area contributed by atoms with Gasteiger partial charge in [-0.15, -0.1) is 0 Å². The molecule has 114 valence electrons. The van der Waals surface area contributed by atoms with Crippen molar-refractivity contribution >= 4 is 28.3 Å². The molecule has 0 saturated heterocycles. The normalized spacial score (nSPS) is 11.1. The number of para-hydroxylation sites is 1. The molecule has 0 aliphatic rings. The largest absolute Gasteiger partial charge is 0.370 e. The van der Waals surface area contributed by atoms with Gasteiger partial charge in [0.15, 0.2) is 0 Å². The van der Waals surface area contributed by atoms with E-state index in [-0.39, 0.29) is 0 Å². The Labute approximate surface area is 135 Å². The Bertz CT molecular complexity index is 823. The molecule has 22 heavy (non-hydrogen) atoms. The molecule has 0 fully saturated rings. The van der Waals surface area contributed by atoms with E-state index < -0.39 is 0 Å². The van der Waals surface area contributed by atoms with Crippen LogP contribution in [0.4, 0.5) is 5.82 Å². The highest BCUT2D eigenvalue weighted by atomic mass is 35.5. The third kappa shape index (κ3) is 2.66. The van der Waals surface area contributed by atoms with E-state index in [1.807, 2.05) is 0 Å². The molecule has 0 spiro atoms. The van der Waals surface area contributed by atoms with Crippen molar-refractivity contribution in [3.05, 3.63) is 52.6 Å². The summed E-state index contributed by atoms with van der Waals surface area (Å²) in [5.74, 6) is 0.756. The molecule has 1 N–H and O–H groups in total. The van der Waals surface area contributed by atoms with Crippen LogP contribution in [0.25, 0.3) is 10.9 Å². The second kappa shape index (κ2) is 5.97. The lowest BCUT2D eigenvalue weighted by Gasteiger charge is -2.09. The number of hydrogen-bond donors (Lipinski definition) is 1. The molecule has 0 unspecified atom stereocenters. The van der Waals surface area contributed by atoms with Crippen molar-refractivity contribution in [3.8, 4) is 0 Å². The first-order valence-corrected chi connectivity index (χ1v) is 7.70. The monoisotopic (exact) mass is 314 g/mol. The molecule has 0 amide bonds. The standard InChI is InChI=1S/C17H19ClN4/c1-11-12(2)22(3)17-13(5-4-6-14(11)17)7-8-19-16-9-15(18)20-10-21-16/h4-6,9-10H,7-8H2,1-3H3,(H,19,20,21). The Morgan fingerprint density at radius 3 is 2.82 bits per heavy atom. The molecule has 0 bridgehead atoms. The first-order valence-electron chi connectivity index (χ1n) is 7.33. The van der Waals surface area contributed by atoms with Gasteiger partial charge in [0.1, 0.15) is 17.3 Å². The Hall–Kier alpha value is -2.07. The summed E-state index contributed by atoms with van der Waals surface area (Å²) in [4.78, 5) is 8.04. The molecule has 2 heterocycles. The lowest BCUT2D eigenvalue weighted by Crippen LogP contribution is -2.07. The number of rotatable bonds is 4. The van der Waals surface area contributed by atoms with Crippen molar-refractivity contribution in [1.82, 2.24) is 14.5 Å². The molecule has 5 heteroatoms. The van der Waals surface area contributed by atoms with Crippen LogP contribution in [0, 0.1) is 13.8 Å². The van der Waals surface area contributed by atoms with Gasteiger partial charge in [-0.3, -0.25) is 0 Å². The SMILES string of the molecule is Cc1c(C)n(C)c2c(CCNc3cc(Cl)ncn3)cccc12. The van der Waals surface area contributed by atoms with Gasteiger partial charge >= 0.3 is 0 Å². The molecule has 0 aliphatic heterocycles. The summed E-state index contributed by atoms with van der Waals surface area (Å²) in [6.45, 7) is 5.15. The number of fused-ring (bicyclic) bond motifs is 1. The van der Waals surface area contributed by atoms with E-state index in [4.69, 9.17) is 11.6 Å². The van der Waals surface area contributed by atoms with Gasteiger partial charge in [0.2, 0.25) is 0 Å². The van der Waals surface area contributed by atoms with Crippen LogP contribution in [0.1, 0.15) is 16.8 Å². The number of aryl methyl sites for hydroxylation is 2. The molecule has 3 aromatic rings. The highest BCUT2D eigenvalue weighted by Crippen LogP contribution is 2.27. The van der Waals surface area contributed by atoms with Crippen LogP contribution in [-0.4, -0.2) is 21.1 Å². The minimum Gasteiger partial charge on any atom is -0.370 e. The van der Waals surface area contributed by atoms with E-state index in [0.717, 1.165) is 18.8 Å². The first-order chi connectivity index (χ1) is 10.6. The number of nitrogens with one attached hydrogen (secondary N) is 1. The second-order valence-corrected chi connectivity index (χ2v) is 5.87. The summed E-state index contributed by atoms with van der Waals surface area (Å²) in [5.41, 5.74) is 5.33. The van der Waals surface area contributed by atoms with Gasteiger partial charge in [0.05, 0.1) is 5.52 Å². The van der Waals surface area contributed by atoms with Gasteiger partial charge in [-0.1, -0.05) is 29.8 Å². The zero-order chi connectivity index (χ0) is 15.7. The van der Waals surface area contributed by atoms with Crippen molar-refractivity contribution in [3.63, 3.8) is 0 Å². The maximum atomic E-state index is 5.87. The summed E-state index contributed by atoms with van der Waals surface area (Å²) in [7, 11) is 2.13. The lowest BCUT2D eigenvalue weighted by molar-refractivity contribution is 0.896. The fraction of sp³-hybridized carbons (Fsp3) is 0.294. The quantitative estimate of drug-likeness (QED) is 0.743. The van der Waals surface area contributed by atoms with Crippen molar-refractivity contribution < 1.29 is 0 Å². The molecule has 1 aromatic carbocycles. The van der Waals surface area contributed by atoms with Gasteiger partial charge in [0, 0.05) is 30.7 Å². The summed E-state index contributed by atoms with van der Waals surface area (Å²) in [5, 5.41) is 5.08. The number of benzene rings is 1. The molecular formula is C17H19ClN4. The van der Waals surface area contributed by atoms with Gasteiger partial charge in [-0.25, -0.2) is 9.97 Å². The van der Waals surface area contributed by atoms with Crippen molar-refractivity contribution in [2.45, 2.75) is 20.3 Å². The number of halogens is 1. The second-order valence-electron chi connectivity index (χ2n) is 5.49. The Morgan fingerprint density at radius 2 is 2.05 bits per heavy atom. The maximum absolute atomic E-state index is 5.87. The van der Waals surface area contributed by atoms with Crippen LogP contribution in [0.5, 0.6) is 0 Å². The van der Waals surface area contributed by atoms with Gasteiger partial charge in [-0.05, 0) is 31.4 Å². The van der Waals surface area contributed by atoms with E-state index in [0.29, 0.717) is 5.15 Å². The third-order valence-electron chi connectivity index (χ3n) is 4.24. The van der Waals surface area contributed by atoms with Crippen LogP contribution in [-0.2, 0) is 13.5 Å². The van der Waals surface area contributed by atoms with Gasteiger partial charge in [-0.2, -0.15) is 0 Å². The Balaban J connectivity index is 1.81. The van der Waals surface area contributed by atoms with E-state index in [1.54, 1.807) is 6.07 Å². The summed E-state index contributed by atoms with van der Waals surface area (Å²) in [6.07, 6.45) is 2.39. The molecule has 4 nitrogen and oxygen atoms in total.